The van der Waals surface area contributed by atoms with Gasteiger partial charge in [-0.1, -0.05) is 60.7 Å². The topological polar surface area (TPSA) is 58.2 Å². The van der Waals surface area contributed by atoms with Gasteiger partial charge in [-0.05, 0) is 48.6 Å². The molecule has 1 atom stereocenters. The quantitative estimate of drug-likeness (QED) is 0.537. The SMILES string of the molecule is CC(=O)Nc1cc(C(=O)NC(CCCc2ccccc2)c2ccccc2)ccc1F. The molecule has 30 heavy (non-hydrogen) atoms. The lowest BCUT2D eigenvalue weighted by Crippen LogP contribution is -2.29. The molecule has 0 aliphatic heterocycles. The number of carbonyl (C=O) groups is 2. The van der Waals surface area contributed by atoms with Crippen molar-refractivity contribution < 1.29 is 14.0 Å². The number of aryl methyl sites for hydroxylation is 1. The molecule has 0 saturated carbocycles. The highest BCUT2D eigenvalue weighted by Crippen LogP contribution is 2.22. The fourth-order valence-electron chi connectivity index (χ4n) is 3.36. The van der Waals surface area contributed by atoms with Crippen molar-refractivity contribution in [2.24, 2.45) is 0 Å². The van der Waals surface area contributed by atoms with Crippen LogP contribution in [0.3, 0.4) is 0 Å². The van der Waals surface area contributed by atoms with Crippen molar-refractivity contribution in [1.29, 1.82) is 0 Å². The second-order valence-electron chi connectivity index (χ2n) is 7.19. The Bertz CT molecular complexity index is 991. The van der Waals surface area contributed by atoms with Gasteiger partial charge in [0.1, 0.15) is 5.82 Å². The molecular formula is C25H25FN2O2. The van der Waals surface area contributed by atoms with Crippen molar-refractivity contribution in [2.45, 2.75) is 32.2 Å². The number of carbonyl (C=O) groups excluding carboxylic acids is 2. The van der Waals surface area contributed by atoms with Crippen LogP contribution in [0.4, 0.5) is 10.1 Å². The highest BCUT2D eigenvalue weighted by Gasteiger charge is 2.17. The molecule has 3 rings (SSSR count). The largest absolute Gasteiger partial charge is 0.345 e. The van der Waals surface area contributed by atoms with Crippen LogP contribution in [0.15, 0.2) is 78.9 Å². The zero-order valence-corrected chi connectivity index (χ0v) is 16.9. The summed E-state index contributed by atoms with van der Waals surface area (Å²) in [5, 5.41) is 5.47. The summed E-state index contributed by atoms with van der Waals surface area (Å²) in [6.07, 6.45) is 2.60. The first kappa shape index (κ1) is 21.2. The minimum atomic E-state index is -0.579. The number of amides is 2. The second-order valence-corrected chi connectivity index (χ2v) is 7.19. The van der Waals surface area contributed by atoms with Crippen LogP contribution in [0.5, 0.6) is 0 Å². The van der Waals surface area contributed by atoms with E-state index in [1.54, 1.807) is 0 Å². The van der Waals surface area contributed by atoms with E-state index in [0.29, 0.717) is 5.56 Å². The molecule has 0 bridgehead atoms. The minimum absolute atomic E-state index is 0.00418. The normalized spacial score (nSPS) is 11.5. The fourth-order valence-corrected chi connectivity index (χ4v) is 3.36. The average molecular weight is 404 g/mol. The van der Waals surface area contributed by atoms with Gasteiger partial charge in [0.25, 0.3) is 5.91 Å². The third-order valence-electron chi connectivity index (χ3n) is 4.85. The molecule has 0 radical (unpaired) electrons. The second kappa shape index (κ2) is 10.3. The van der Waals surface area contributed by atoms with Crippen molar-refractivity contribution >= 4 is 17.5 Å². The van der Waals surface area contributed by atoms with Crippen LogP contribution in [-0.2, 0) is 11.2 Å². The van der Waals surface area contributed by atoms with Crippen molar-refractivity contribution in [3.8, 4) is 0 Å². The Morgan fingerprint density at radius 1 is 0.933 bits per heavy atom. The Balaban J connectivity index is 1.72. The summed E-state index contributed by atoms with van der Waals surface area (Å²) < 4.78 is 13.9. The van der Waals surface area contributed by atoms with Crippen LogP contribution < -0.4 is 10.6 Å². The molecule has 2 amide bonds. The van der Waals surface area contributed by atoms with Gasteiger partial charge in [-0.25, -0.2) is 4.39 Å². The van der Waals surface area contributed by atoms with E-state index in [2.05, 4.69) is 22.8 Å². The van der Waals surface area contributed by atoms with E-state index in [9.17, 15) is 14.0 Å². The summed E-state index contributed by atoms with van der Waals surface area (Å²) >= 11 is 0. The highest BCUT2D eigenvalue weighted by molar-refractivity contribution is 5.97. The molecule has 0 aliphatic carbocycles. The van der Waals surface area contributed by atoms with Crippen molar-refractivity contribution in [3.63, 3.8) is 0 Å². The Hall–Kier alpha value is -3.47. The molecule has 5 heteroatoms. The van der Waals surface area contributed by atoms with Gasteiger partial charge in [0.15, 0.2) is 0 Å². The Labute approximate surface area is 176 Å². The molecular weight excluding hydrogens is 379 g/mol. The van der Waals surface area contributed by atoms with Crippen LogP contribution in [0, 0.1) is 5.82 Å². The van der Waals surface area contributed by atoms with Gasteiger partial charge in [0.2, 0.25) is 5.91 Å². The molecule has 0 fully saturated rings. The van der Waals surface area contributed by atoms with E-state index in [1.807, 2.05) is 48.5 Å². The van der Waals surface area contributed by atoms with E-state index in [0.717, 1.165) is 24.8 Å². The lowest BCUT2D eigenvalue weighted by atomic mass is 9.98. The fraction of sp³-hybridized carbons (Fsp3) is 0.200. The number of hydrogen-bond acceptors (Lipinski definition) is 2. The summed E-state index contributed by atoms with van der Waals surface area (Å²) in [7, 11) is 0. The van der Waals surface area contributed by atoms with Crippen molar-refractivity contribution in [1.82, 2.24) is 5.32 Å². The standard InChI is InChI=1S/C25H25FN2O2/c1-18(29)27-24-17-21(15-16-22(24)26)25(30)28-23(20-12-6-3-7-13-20)14-8-11-19-9-4-2-5-10-19/h2-7,9-10,12-13,15-17,23H,8,11,14H2,1H3,(H,27,29)(H,28,30). The van der Waals surface area contributed by atoms with E-state index >= 15 is 0 Å². The molecule has 0 spiro atoms. The lowest BCUT2D eigenvalue weighted by molar-refractivity contribution is -0.114. The molecule has 0 heterocycles. The maximum atomic E-state index is 13.9. The van der Waals surface area contributed by atoms with E-state index < -0.39 is 11.7 Å². The maximum Gasteiger partial charge on any atom is 0.251 e. The summed E-state index contributed by atoms with van der Waals surface area (Å²) in [5.41, 5.74) is 2.57. The number of hydrogen-bond donors (Lipinski definition) is 2. The first-order chi connectivity index (χ1) is 14.5. The van der Waals surface area contributed by atoms with Crippen molar-refractivity contribution in [3.05, 3.63) is 101 Å². The average Bonchev–Trinajstić information content (AvgIpc) is 2.75. The lowest BCUT2D eigenvalue weighted by Gasteiger charge is -2.20. The van der Waals surface area contributed by atoms with Gasteiger partial charge in [0.05, 0.1) is 11.7 Å². The van der Waals surface area contributed by atoms with Crippen molar-refractivity contribution in [2.75, 3.05) is 5.32 Å². The number of anilines is 1. The third kappa shape index (κ3) is 6.01. The van der Waals surface area contributed by atoms with E-state index in [-0.39, 0.29) is 17.6 Å². The molecule has 0 saturated heterocycles. The smallest absolute Gasteiger partial charge is 0.251 e. The Kier molecular flexibility index (Phi) is 7.33. The van der Waals surface area contributed by atoms with Gasteiger partial charge >= 0.3 is 0 Å². The van der Waals surface area contributed by atoms with Gasteiger partial charge in [0, 0.05) is 12.5 Å². The number of benzene rings is 3. The molecule has 3 aromatic carbocycles. The molecule has 0 aromatic heterocycles. The Morgan fingerprint density at radius 2 is 1.60 bits per heavy atom. The number of nitrogens with one attached hydrogen (secondary N) is 2. The van der Waals surface area contributed by atoms with E-state index in [4.69, 9.17) is 0 Å². The van der Waals surface area contributed by atoms with Crippen LogP contribution in [0.1, 0.15) is 47.3 Å². The highest BCUT2D eigenvalue weighted by atomic mass is 19.1. The summed E-state index contributed by atoms with van der Waals surface area (Å²) in [6, 6.07) is 23.8. The first-order valence-corrected chi connectivity index (χ1v) is 10.00. The first-order valence-electron chi connectivity index (χ1n) is 10.00. The number of rotatable bonds is 8. The summed E-state index contributed by atoms with van der Waals surface area (Å²) in [5.74, 6) is -1.28. The molecule has 154 valence electrons. The molecule has 3 aromatic rings. The molecule has 4 nitrogen and oxygen atoms in total. The van der Waals surface area contributed by atoms with Crippen LogP contribution in [-0.4, -0.2) is 11.8 Å². The monoisotopic (exact) mass is 404 g/mol. The number of halogens is 1. The summed E-state index contributed by atoms with van der Waals surface area (Å²) in [4.78, 5) is 24.1. The predicted octanol–water partition coefficient (Wildman–Crippen LogP) is 5.28. The predicted molar refractivity (Wildman–Crippen MR) is 117 cm³/mol. The van der Waals surface area contributed by atoms with Gasteiger partial charge in [-0.15, -0.1) is 0 Å². The summed E-state index contributed by atoms with van der Waals surface area (Å²) in [6.45, 7) is 1.30. The third-order valence-corrected chi connectivity index (χ3v) is 4.85. The van der Waals surface area contributed by atoms with Gasteiger partial charge < -0.3 is 10.6 Å². The zero-order valence-electron chi connectivity index (χ0n) is 16.9. The maximum absolute atomic E-state index is 13.9. The van der Waals surface area contributed by atoms with Gasteiger partial charge in [-0.2, -0.15) is 0 Å². The zero-order chi connectivity index (χ0) is 21.3. The van der Waals surface area contributed by atoms with E-state index in [1.165, 1.54) is 30.7 Å². The molecule has 2 N–H and O–H groups in total. The molecule has 1 unspecified atom stereocenters. The Morgan fingerprint density at radius 3 is 2.27 bits per heavy atom. The minimum Gasteiger partial charge on any atom is -0.345 e. The van der Waals surface area contributed by atoms with Crippen LogP contribution in [0.2, 0.25) is 0 Å². The van der Waals surface area contributed by atoms with Crippen LogP contribution >= 0.6 is 0 Å². The van der Waals surface area contributed by atoms with Crippen LogP contribution in [0.25, 0.3) is 0 Å². The van der Waals surface area contributed by atoms with Gasteiger partial charge in [-0.3, -0.25) is 9.59 Å². The molecule has 0 aliphatic rings.